The van der Waals surface area contributed by atoms with Crippen LogP contribution in [0.3, 0.4) is 0 Å². The molecule has 3 heteroatoms. The van der Waals surface area contributed by atoms with E-state index in [0.29, 0.717) is 0 Å². The van der Waals surface area contributed by atoms with Gasteiger partial charge >= 0.3 is 26.2 Å². The molecule has 31 heavy (non-hydrogen) atoms. The van der Waals surface area contributed by atoms with Crippen molar-refractivity contribution < 1.29 is 51.0 Å². The Labute approximate surface area is 222 Å². The van der Waals surface area contributed by atoms with Gasteiger partial charge in [0.1, 0.15) is 0 Å². The first-order valence-corrected chi connectivity index (χ1v) is 12.3. The van der Waals surface area contributed by atoms with Gasteiger partial charge in [0.15, 0.2) is 0 Å². The van der Waals surface area contributed by atoms with E-state index in [1.807, 2.05) is 0 Å². The minimum Gasteiger partial charge on any atom is -1.00 e. The van der Waals surface area contributed by atoms with E-state index < -0.39 is 0 Å². The maximum Gasteiger partial charge on any atom is 4.00 e. The largest absolute Gasteiger partial charge is 4.00 e. The summed E-state index contributed by atoms with van der Waals surface area (Å²) in [6.07, 6.45) is 36.4. The minimum atomic E-state index is 0. The SMILES string of the molecule is C1=CCC2CC(C3CCCC3)[CH-]C2=C1.C1=CCC2CC(C3CCCC3)[CH-]C2=C1.[Cl-].[Cl-].[Zr+4]. The second kappa shape index (κ2) is 13.2. The van der Waals surface area contributed by atoms with Crippen molar-refractivity contribution in [3.63, 3.8) is 0 Å². The van der Waals surface area contributed by atoms with Crippen LogP contribution in [0.25, 0.3) is 0 Å². The van der Waals surface area contributed by atoms with E-state index in [0.717, 1.165) is 35.5 Å². The van der Waals surface area contributed by atoms with Crippen molar-refractivity contribution in [2.24, 2.45) is 35.5 Å². The Balaban J connectivity index is 0.000000201. The molecule has 0 N–H and O–H groups in total. The van der Waals surface area contributed by atoms with Gasteiger partial charge in [0, 0.05) is 0 Å². The molecule has 0 aromatic rings. The summed E-state index contributed by atoms with van der Waals surface area (Å²) in [4.78, 5) is 0. The normalized spacial score (nSPS) is 33.2. The Hall–Kier alpha value is 0.163. The van der Waals surface area contributed by atoms with E-state index in [-0.39, 0.29) is 51.0 Å². The van der Waals surface area contributed by atoms with Crippen LogP contribution >= 0.6 is 0 Å². The number of halogens is 2. The van der Waals surface area contributed by atoms with Gasteiger partial charge in [-0.25, -0.2) is 36.1 Å². The van der Waals surface area contributed by atoms with Crippen LogP contribution in [-0.2, 0) is 26.2 Å². The Bertz CT molecular complexity index is 606. The summed E-state index contributed by atoms with van der Waals surface area (Å²) in [6.45, 7) is 0. The van der Waals surface area contributed by atoms with E-state index >= 15 is 0 Å². The number of rotatable bonds is 2. The van der Waals surface area contributed by atoms with Gasteiger partial charge in [0.2, 0.25) is 0 Å². The topological polar surface area (TPSA) is 0 Å². The fourth-order valence-electron chi connectivity index (χ4n) is 6.95. The zero-order chi connectivity index (χ0) is 18.8. The van der Waals surface area contributed by atoms with Crippen molar-refractivity contribution in [3.05, 3.63) is 60.4 Å². The summed E-state index contributed by atoms with van der Waals surface area (Å²) in [7, 11) is 0. The van der Waals surface area contributed by atoms with Crippen molar-refractivity contribution in [2.45, 2.75) is 77.0 Å². The fraction of sp³-hybridized carbons (Fsp3) is 0.643. The third-order valence-electron chi connectivity index (χ3n) is 8.57. The molecule has 0 aromatic carbocycles. The number of hydrogen-bond acceptors (Lipinski definition) is 0. The number of allylic oxidation sites excluding steroid dienone is 8. The van der Waals surface area contributed by atoms with E-state index in [1.165, 1.54) is 77.0 Å². The molecule has 0 radical (unpaired) electrons. The molecule has 0 spiro atoms. The van der Waals surface area contributed by atoms with Crippen LogP contribution in [0.2, 0.25) is 0 Å². The summed E-state index contributed by atoms with van der Waals surface area (Å²) in [6, 6.07) is 0. The van der Waals surface area contributed by atoms with Gasteiger partial charge in [0.05, 0.1) is 0 Å². The zero-order valence-electron chi connectivity index (χ0n) is 18.8. The monoisotopic (exact) mass is 534 g/mol. The molecule has 6 aliphatic carbocycles. The quantitative estimate of drug-likeness (QED) is 0.473. The molecule has 0 saturated heterocycles. The van der Waals surface area contributed by atoms with Gasteiger partial charge in [-0.15, -0.1) is 24.3 Å². The molecule has 0 heterocycles. The first-order valence-electron chi connectivity index (χ1n) is 12.3. The van der Waals surface area contributed by atoms with Gasteiger partial charge in [-0.1, -0.05) is 87.9 Å². The Morgan fingerprint density at radius 3 is 1.35 bits per heavy atom. The molecule has 0 aromatic heterocycles. The van der Waals surface area contributed by atoms with Crippen LogP contribution in [0.15, 0.2) is 47.6 Å². The standard InChI is InChI=1S/2C14H19.2ClH.Zr/c2*1-2-6-11(5-1)14-9-12-7-3-4-8-13(12)10-14;;;/h2*3-4,7,9,11,13-14H,1-2,5-6,8,10H2;2*1H;/q2*-1;;;+4/p-2. The molecule has 6 aliphatic rings. The maximum absolute atomic E-state index is 2.59. The molecule has 0 amide bonds. The van der Waals surface area contributed by atoms with Gasteiger partial charge in [0.25, 0.3) is 0 Å². The molecule has 4 atom stereocenters. The third-order valence-corrected chi connectivity index (χ3v) is 8.57. The molecule has 4 saturated carbocycles. The molecule has 168 valence electrons. The molecule has 0 bridgehead atoms. The van der Waals surface area contributed by atoms with Crippen LogP contribution in [0.1, 0.15) is 77.0 Å². The zero-order valence-corrected chi connectivity index (χ0v) is 22.8. The van der Waals surface area contributed by atoms with E-state index in [1.54, 1.807) is 11.1 Å². The molecular formula is C28H38Cl2Zr. The van der Waals surface area contributed by atoms with Crippen molar-refractivity contribution in [1.29, 1.82) is 0 Å². The first-order chi connectivity index (χ1) is 13.9. The molecule has 4 fully saturated rings. The van der Waals surface area contributed by atoms with E-state index in [4.69, 9.17) is 0 Å². The van der Waals surface area contributed by atoms with Crippen molar-refractivity contribution >= 4 is 0 Å². The fourth-order valence-corrected chi connectivity index (χ4v) is 6.95. The van der Waals surface area contributed by atoms with Crippen molar-refractivity contribution in [2.75, 3.05) is 0 Å². The predicted molar refractivity (Wildman–Crippen MR) is 119 cm³/mol. The van der Waals surface area contributed by atoms with Gasteiger partial charge < -0.3 is 24.8 Å². The predicted octanol–water partition coefficient (Wildman–Crippen LogP) is 1.81. The average Bonchev–Trinajstić information content (AvgIpc) is 3.54. The van der Waals surface area contributed by atoms with Crippen LogP contribution in [-0.4, -0.2) is 0 Å². The van der Waals surface area contributed by atoms with E-state index in [9.17, 15) is 0 Å². The maximum atomic E-state index is 2.59. The number of fused-ring (bicyclic) bond motifs is 2. The van der Waals surface area contributed by atoms with Gasteiger partial charge in [-0.05, 0) is 24.7 Å². The Kier molecular flexibility index (Phi) is 11.6. The smallest absolute Gasteiger partial charge is 1.00 e. The summed E-state index contributed by atoms with van der Waals surface area (Å²) < 4.78 is 0. The van der Waals surface area contributed by atoms with Crippen molar-refractivity contribution in [3.8, 4) is 0 Å². The summed E-state index contributed by atoms with van der Waals surface area (Å²) in [5.74, 6) is 5.67. The van der Waals surface area contributed by atoms with Crippen molar-refractivity contribution in [1.82, 2.24) is 0 Å². The second-order valence-corrected chi connectivity index (χ2v) is 10.3. The van der Waals surface area contributed by atoms with Gasteiger partial charge in [-0.2, -0.15) is 0 Å². The Morgan fingerprint density at radius 1 is 0.613 bits per heavy atom. The average molecular weight is 537 g/mol. The molecule has 6 rings (SSSR count). The molecule has 0 nitrogen and oxygen atoms in total. The van der Waals surface area contributed by atoms with Crippen LogP contribution < -0.4 is 24.8 Å². The van der Waals surface area contributed by atoms with Gasteiger partial charge in [-0.3, -0.25) is 0 Å². The minimum absolute atomic E-state index is 0. The first kappa shape index (κ1) is 27.4. The number of hydrogen-bond donors (Lipinski definition) is 0. The van der Waals surface area contributed by atoms with Crippen LogP contribution in [0.5, 0.6) is 0 Å². The van der Waals surface area contributed by atoms with Crippen LogP contribution in [0, 0.1) is 48.3 Å². The second-order valence-electron chi connectivity index (χ2n) is 10.3. The van der Waals surface area contributed by atoms with Crippen LogP contribution in [0.4, 0.5) is 0 Å². The molecule has 4 unspecified atom stereocenters. The third kappa shape index (κ3) is 6.61. The Morgan fingerprint density at radius 2 is 1.00 bits per heavy atom. The van der Waals surface area contributed by atoms with E-state index in [2.05, 4.69) is 49.3 Å². The molecular weight excluding hydrogens is 498 g/mol. The summed E-state index contributed by atoms with van der Waals surface area (Å²) in [5.41, 5.74) is 3.29. The summed E-state index contributed by atoms with van der Waals surface area (Å²) >= 11 is 0. The molecule has 0 aliphatic heterocycles. The summed E-state index contributed by atoms with van der Waals surface area (Å²) in [5, 5.41) is 0.